The Kier molecular flexibility index (Phi) is 2.12. The average molecular weight is 267 g/mol. The zero-order valence-corrected chi connectivity index (χ0v) is 11.1. The van der Waals surface area contributed by atoms with Gasteiger partial charge in [0, 0.05) is 16.3 Å². The SMILES string of the molecule is Cc1ccc2nc3c(Cl)c4ccccc4[nH]c-3c2c1. The second-order valence-electron chi connectivity index (χ2n) is 4.84. The quantitative estimate of drug-likeness (QED) is 0.487. The van der Waals surface area contributed by atoms with E-state index in [1.165, 1.54) is 5.56 Å². The van der Waals surface area contributed by atoms with Crippen molar-refractivity contribution in [1.29, 1.82) is 0 Å². The topological polar surface area (TPSA) is 28.7 Å². The molecule has 0 atom stereocenters. The summed E-state index contributed by atoms with van der Waals surface area (Å²) in [6.07, 6.45) is 0. The molecule has 0 spiro atoms. The lowest BCUT2D eigenvalue weighted by molar-refractivity contribution is 1.37. The highest BCUT2D eigenvalue weighted by molar-refractivity contribution is 6.38. The van der Waals surface area contributed by atoms with Crippen LogP contribution in [-0.4, -0.2) is 9.97 Å². The summed E-state index contributed by atoms with van der Waals surface area (Å²) in [6.45, 7) is 2.08. The Morgan fingerprint density at radius 1 is 1.05 bits per heavy atom. The van der Waals surface area contributed by atoms with Gasteiger partial charge < -0.3 is 4.98 Å². The third-order valence-electron chi connectivity index (χ3n) is 3.52. The molecule has 1 N–H and O–H groups in total. The highest BCUT2D eigenvalue weighted by atomic mass is 35.5. The fraction of sp³-hybridized carbons (Fsp3) is 0.0625. The molecule has 0 fully saturated rings. The molecule has 2 aromatic rings. The van der Waals surface area contributed by atoms with E-state index in [1.54, 1.807) is 0 Å². The molecule has 0 aromatic heterocycles. The van der Waals surface area contributed by atoms with Gasteiger partial charge in [0.1, 0.15) is 5.69 Å². The zero-order valence-electron chi connectivity index (χ0n) is 10.4. The standard InChI is InChI=1S/C16H11ClN2/c1-9-6-7-13-11(8-9)15-16(19-13)14(17)10-4-2-3-5-12(10)18-15/h2-8,18H,1H3. The molecule has 0 aliphatic carbocycles. The first-order valence-electron chi connectivity index (χ1n) is 6.20. The number of para-hydroxylation sites is 1. The van der Waals surface area contributed by atoms with Gasteiger partial charge in [-0.25, -0.2) is 4.98 Å². The normalized spacial score (nSPS) is 11.7. The maximum Gasteiger partial charge on any atom is 0.107 e. The lowest BCUT2D eigenvalue weighted by Crippen LogP contribution is -1.88. The number of rotatable bonds is 0. The number of nitrogens with one attached hydrogen (secondary N) is 1. The van der Waals surface area contributed by atoms with Crippen LogP contribution in [0.5, 0.6) is 0 Å². The first-order valence-corrected chi connectivity index (χ1v) is 6.58. The van der Waals surface area contributed by atoms with Crippen LogP contribution in [0.3, 0.4) is 0 Å². The van der Waals surface area contributed by atoms with Gasteiger partial charge in [-0.1, -0.05) is 41.4 Å². The van der Waals surface area contributed by atoms with Gasteiger partial charge in [0.05, 0.1) is 16.2 Å². The van der Waals surface area contributed by atoms with E-state index in [9.17, 15) is 0 Å². The summed E-state index contributed by atoms with van der Waals surface area (Å²) in [5.74, 6) is 0. The molecule has 0 saturated carbocycles. The van der Waals surface area contributed by atoms with Crippen LogP contribution in [0.25, 0.3) is 33.2 Å². The molecule has 2 aliphatic rings. The highest BCUT2D eigenvalue weighted by Crippen LogP contribution is 2.38. The predicted octanol–water partition coefficient (Wildman–Crippen LogP) is 4.78. The van der Waals surface area contributed by atoms with E-state index >= 15 is 0 Å². The van der Waals surface area contributed by atoms with Crippen LogP contribution in [-0.2, 0) is 0 Å². The van der Waals surface area contributed by atoms with Gasteiger partial charge in [-0.05, 0) is 25.1 Å². The number of nitrogens with zero attached hydrogens (tertiary/aromatic N) is 1. The molecule has 3 heteroatoms. The van der Waals surface area contributed by atoms with Crippen molar-refractivity contribution >= 4 is 33.4 Å². The van der Waals surface area contributed by atoms with Gasteiger partial charge in [0.15, 0.2) is 0 Å². The molecule has 0 bridgehead atoms. The van der Waals surface area contributed by atoms with E-state index in [-0.39, 0.29) is 0 Å². The van der Waals surface area contributed by atoms with E-state index in [2.05, 4.69) is 29.0 Å². The van der Waals surface area contributed by atoms with Crippen LogP contribution in [0, 0.1) is 6.92 Å². The molecule has 2 aliphatic heterocycles. The summed E-state index contributed by atoms with van der Waals surface area (Å²) < 4.78 is 0. The first kappa shape index (κ1) is 10.8. The zero-order chi connectivity index (χ0) is 13.0. The fourth-order valence-corrected chi connectivity index (χ4v) is 2.88. The Morgan fingerprint density at radius 2 is 1.89 bits per heavy atom. The molecule has 0 radical (unpaired) electrons. The molecule has 0 saturated heterocycles. The number of pyridine rings is 1. The van der Waals surface area contributed by atoms with Crippen LogP contribution in [0.1, 0.15) is 5.56 Å². The number of fused-ring (bicyclic) bond motifs is 4. The van der Waals surface area contributed by atoms with E-state index in [4.69, 9.17) is 11.6 Å². The first-order chi connectivity index (χ1) is 9.24. The van der Waals surface area contributed by atoms with Crippen LogP contribution >= 0.6 is 11.6 Å². The molecule has 0 amide bonds. The van der Waals surface area contributed by atoms with Gasteiger partial charge in [0.25, 0.3) is 0 Å². The van der Waals surface area contributed by atoms with Gasteiger partial charge in [0.2, 0.25) is 0 Å². The van der Waals surface area contributed by atoms with Crippen molar-refractivity contribution in [3.8, 4) is 11.4 Å². The monoisotopic (exact) mass is 266 g/mol. The lowest BCUT2D eigenvalue weighted by Gasteiger charge is -2.07. The van der Waals surface area contributed by atoms with Gasteiger partial charge in [-0.2, -0.15) is 0 Å². The van der Waals surface area contributed by atoms with Gasteiger partial charge >= 0.3 is 0 Å². The number of hydrogen-bond acceptors (Lipinski definition) is 1. The minimum Gasteiger partial charge on any atom is -0.353 e. The maximum absolute atomic E-state index is 6.50. The van der Waals surface area contributed by atoms with Crippen molar-refractivity contribution in [2.75, 3.05) is 0 Å². The molecule has 2 nitrogen and oxygen atoms in total. The summed E-state index contributed by atoms with van der Waals surface area (Å²) in [5.41, 5.74) is 5.10. The van der Waals surface area contributed by atoms with Crippen molar-refractivity contribution in [2.45, 2.75) is 6.92 Å². The molecule has 4 rings (SSSR count). The summed E-state index contributed by atoms with van der Waals surface area (Å²) >= 11 is 6.50. The van der Waals surface area contributed by atoms with Crippen LogP contribution in [0.15, 0.2) is 42.5 Å². The molecule has 2 heterocycles. The van der Waals surface area contributed by atoms with E-state index in [0.29, 0.717) is 0 Å². The third-order valence-corrected chi connectivity index (χ3v) is 3.90. The molecular formula is C16H11ClN2. The van der Waals surface area contributed by atoms with Crippen LogP contribution in [0.4, 0.5) is 0 Å². The Morgan fingerprint density at radius 3 is 2.79 bits per heavy atom. The van der Waals surface area contributed by atoms with Crippen LogP contribution < -0.4 is 0 Å². The van der Waals surface area contributed by atoms with E-state index in [0.717, 1.165) is 38.2 Å². The highest BCUT2D eigenvalue weighted by Gasteiger charge is 2.18. The van der Waals surface area contributed by atoms with Crippen molar-refractivity contribution in [2.24, 2.45) is 0 Å². The maximum atomic E-state index is 6.50. The Labute approximate surface area is 115 Å². The second kappa shape index (κ2) is 3.72. The second-order valence-corrected chi connectivity index (χ2v) is 5.22. The van der Waals surface area contributed by atoms with Gasteiger partial charge in [-0.15, -0.1) is 0 Å². The number of halogens is 1. The van der Waals surface area contributed by atoms with Crippen molar-refractivity contribution in [1.82, 2.24) is 9.97 Å². The lowest BCUT2D eigenvalue weighted by atomic mass is 10.1. The number of hydrogen-bond donors (Lipinski definition) is 1. The molecular weight excluding hydrogens is 256 g/mol. The Bertz CT molecular complexity index is 892. The van der Waals surface area contributed by atoms with Gasteiger partial charge in [-0.3, -0.25) is 0 Å². The Balaban J connectivity index is 2.26. The largest absolute Gasteiger partial charge is 0.353 e. The molecule has 92 valence electrons. The molecule has 0 unspecified atom stereocenters. The summed E-state index contributed by atoms with van der Waals surface area (Å²) in [5, 5.41) is 2.86. The summed E-state index contributed by atoms with van der Waals surface area (Å²) in [6, 6.07) is 14.3. The van der Waals surface area contributed by atoms with Crippen molar-refractivity contribution in [3.05, 3.63) is 53.1 Å². The average Bonchev–Trinajstić information content (AvgIpc) is 2.78. The van der Waals surface area contributed by atoms with E-state index < -0.39 is 0 Å². The predicted molar refractivity (Wildman–Crippen MR) is 80.0 cm³/mol. The minimum absolute atomic E-state index is 0.721. The molecule has 19 heavy (non-hydrogen) atoms. The van der Waals surface area contributed by atoms with Crippen LogP contribution in [0.2, 0.25) is 5.02 Å². The number of H-pyrrole nitrogens is 1. The number of benzene rings is 2. The summed E-state index contributed by atoms with van der Waals surface area (Å²) in [4.78, 5) is 8.10. The number of aryl methyl sites for hydroxylation is 1. The number of aromatic amines is 1. The number of aromatic nitrogens is 2. The van der Waals surface area contributed by atoms with E-state index in [1.807, 2.05) is 30.3 Å². The van der Waals surface area contributed by atoms with Crippen molar-refractivity contribution in [3.63, 3.8) is 0 Å². The smallest absolute Gasteiger partial charge is 0.107 e. The fourth-order valence-electron chi connectivity index (χ4n) is 2.58. The van der Waals surface area contributed by atoms with Crippen molar-refractivity contribution < 1.29 is 0 Å². The minimum atomic E-state index is 0.721. The third kappa shape index (κ3) is 1.47. The summed E-state index contributed by atoms with van der Waals surface area (Å²) in [7, 11) is 0. The Hall–Kier alpha value is -2.06. The molecule has 2 aromatic carbocycles.